The fourth-order valence-corrected chi connectivity index (χ4v) is 2.58. The van der Waals surface area contributed by atoms with Gasteiger partial charge in [-0.3, -0.25) is 0 Å². The Kier molecular flexibility index (Phi) is 3.08. The van der Waals surface area contributed by atoms with E-state index >= 15 is 0 Å². The highest BCUT2D eigenvalue weighted by Crippen LogP contribution is 2.31. The van der Waals surface area contributed by atoms with Crippen LogP contribution in [-0.4, -0.2) is 12.6 Å². The number of nitrogens with two attached hydrogens (primary N) is 1. The monoisotopic (exact) mass is 218 g/mol. The van der Waals surface area contributed by atoms with Crippen LogP contribution in [0, 0.1) is 12.8 Å². The van der Waals surface area contributed by atoms with Crippen molar-refractivity contribution < 1.29 is 0 Å². The highest BCUT2D eigenvalue weighted by atomic mass is 15.2. The molecule has 0 spiro atoms. The number of anilines is 2. The lowest BCUT2D eigenvalue weighted by molar-refractivity contribution is 0.390. The Labute approximate surface area is 98.4 Å². The van der Waals surface area contributed by atoms with E-state index in [1.807, 2.05) is 6.07 Å². The van der Waals surface area contributed by atoms with E-state index in [-0.39, 0.29) is 0 Å². The number of piperidine rings is 1. The van der Waals surface area contributed by atoms with Gasteiger partial charge in [0, 0.05) is 24.0 Å². The fraction of sp³-hybridized carbons (Fsp3) is 0.571. The molecule has 2 rings (SSSR count). The van der Waals surface area contributed by atoms with Crippen molar-refractivity contribution in [3.8, 4) is 0 Å². The van der Waals surface area contributed by atoms with Crippen molar-refractivity contribution in [3.63, 3.8) is 0 Å². The first-order valence-electron chi connectivity index (χ1n) is 6.21. The van der Waals surface area contributed by atoms with E-state index in [9.17, 15) is 0 Å². The Balaban J connectivity index is 2.31. The first kappa shape index (κ1) is 11.3. The first-order valence-corrected chi connectivity index (χ1v) is 6.21. The summed E-state index contributed by atoms with van der Waals surface area (Å²) in [6.07, 6.45) is 2.63. The van der Waals surface area contributed by atoms with E-state index < -0.39 is 0 Å². The summed E-state index contributed by atoms with van der Waals surface area (Å²) in [4.78, 5) is 2.51. The normalized spacial score (nSPS) is 25.8. The van der Waals surface area contributed by atoms with E-state index in [2.05, 4.69) is 37.8 Å². The van der Waals surface area contributed by atoms with Crippen molar-refractivity contribution in [2.24, 2.45) is 5.92 Å². The Morgan fingerprint density at radius 2 is 2.00 bits per heavy atom. The molecule has 0 saturated carbocycles. The summed E-state index contributed by atoms with van der Waals surface area (Å²) in [5, 5.41) is 0. The minimum absolute atomic E-state index is 0.636. The van der Waals surface area contributed by atoms with Crippen LogP contribution in [0.5, 0.6) is 0 Å². The van der Waals surface area contributed by atoms with Gasteiger partial charge in [-0.15, -0.1) is 0 Å². The molecule has 2 unspecified atom stereocenters. The van der Waals surface area contributed by atoms with Gasteiger partial charge in [-0.25, -0.2) is 0 Å². The van der Waals surface area contributed by atoms with Gasteiger partial charge in [-0.2, -0.15) is 0 Å². The topological polar surface area (TPSA) is 29.3 Å². The maximum atomic E-state index is 5.98. The van der Waals surface area contributed by atoms with E-state index in [4.69, 9.17) is 5.73 Å². The summed E-state index contributed by atoms with van der Waals surface area (Å²) in [5.41, 5.74) is 9.43. The van der Waals surface area contributed by atoms with Crippen LogP contribution in [0.15, 0.2) is 18.2 Å². The minimum atomic E-state index is 0.636. The van der Waals surface area contributed by atoms with Gasteiger partial charge in [-0.05, 0) is 50.3 Å². The zero-order valence-corrected chi connectivity index (χ0v) is 10.5. The van der Waals surface area contributed by atoms with E-state index in [1.165, 1.54) is 24.1 Å². The Morgan fingerprint density at radius 3 is 2.75 bits per heavy atom. The largest absolute Gasteiger partial charge is 0.398 e. The number of nitrogen functional groups attached to an aromatic ring is 1. The van der Waals surface area contributed by atoms with Crippen LogP contribution < -0.4 is 10.6 Å². The summed E-state index contributed by atoms with van der Waals surface area (Å²) in [6.45, 7) is 7.93. The molecule has 2 atom stereocenters. The van der Waals surface area contributed by atoms with Crippen molar-refractivity contribution in [1.29, 1.82) is 0 Å². The number of hydrogen-bond donors (Lipinski definition) is 1. The van der Waals surface area contributed by atoms with Gasteiger partial charge in [0.15, 0.2) is 0 Å². The number of nitrogens with zero attached hydrogens (tertiary/aromatic N) is 1. The molecule has 16 heavy (non-hydrogen) atoms. The Morgan fingerprint density at radius 1 is 1.25 bits per heavy atom. The van der Waals surface area contributed by atoms with Gasteiger partial charge < -0.3 is 10.6 Å². The number of rotatable bonds is 1. The molecule has 1 aromatic rings. The Hall–Kier alpha value is -1.18. The third-order valence-corrected chi connectivity index (χ3v) is 3.77. The summed E-state index contributed by atoms with van der Waals surface area (Å²) < 4.78 is 0. The van der Waals surface area contributed by atoms with E-state index in [1.54, 1.807) is 0 Å². The van der Waals surface area contributed by atoms with Crippen LogP contribution >= 0.6 is 0 Å². The van der Waals surface area contributed by atoms with Crippen LogP contribution in [0.1, 0.15) is 32.3 Å². The molecule has 1 aliphatic heterocycles. The lowest BCUT2D eigenvalue weighted by Gasteiger charge is -2.39. The summed E-state index contributed by atoms with van der Waals surface area (Å²) in [5.74, 6) is 0.789. The van der Waals surface area contributed by atoms with Crippen molar-refractivity contribution in [1.82, 2.24) is 0 Å². The minimum Gasteiger partial charge on any atom is -0.398 e. The molecule has 0 aliphatic carbocycles. The van der Waals surface area contributed by atoms with Crippen LogP contribution in [-0.2, 0) is 0 Å². The van der Waals surface area contributed by atoms with Gasteiger partial charge in [0.1, 0.15) is 0 Å². The smallest absolute Gasteiger partial charge is 0.0419 e. The summed E-state index contributed by atoms with van der Waals surface area (Å²) in [7, 11) is 0. The van der Waals surface area contributed by atoms with Crippen molar-refractivity contribution >= 4 is 11.4 Å². The maximum absolute atomic E-state index is 5.98. The van der Waals surface area contributed by atoms with Gasteiger partial charge in [0.05, 0.1) is 0 Å². The predicted molar refractivity (Wildman–Crippen MR) is 70.8 cm³/mol. The summed E-state index contributed by atoms with van der Waals surface area (Å²) in [6, 6.07) is 6.87. The van der Waals surface area contributed by atoms with Gasteiger partial charge in [0.25, 0.3) is 0 Å². The van der Waals surface area contributed by atoms with Gasteiger partial charge in [0.2, 0.25) is 0 Å². The average Bonchev–Trinajstić information content (AvgIpc) is 2.26. The van der Waals surface area contributed by atoms with Crippen molar-refractivity contribution in [3.05, 3.63) is 23.8 Å². The Bertz CT molecular complexity index is 373. The molecule has 0 radical (unpaired) electrons. The molecule has 2 N–H and O–H groups in total. The molecule has 0 amide bonds. The van der Waals surface area contributed by atoms with Crippen molar-refractivity contribution in [2.75, 3.05) is 17.2 Å². The second-order valence-corrected chi connectivity index (χ2v) is 5.18. The molecule has 1 saturated heterocycles. The first-order chi connectivity index (χ1) is 7.59. The van der Waals surface area contributed by atoms with Gasteiger partial charge in [-0.1, -0.05) is 13.0 Å². The maximum Gasteiger partial charge on any atom is 0.0419 e. The van der Waals surface area contributed by atoms with Crippen LogP contribution in [0.2, 0.25) is 0 Å². The van der Waals surface area contributed by atoms with E-state index in [0.29, 0.717) is 6.04 Å². The summed E-state index contributed by atoms with van der Waals surface area (Å²) >= 11 is 0. The SMILES string of the molecule is Cc1c(N)cccc1N1CC(C)CCC1C. The lowest BCUT2D eigenvalue weighted by atomic mass is 9.93. The molecule has 2 nitrogen and oxygen atoms in total. The van der Waals surface area contributed by atoms with E-state index in [0.717, 1.165) is 18.2 Å². The lowest BCUT2D eigenvalue weighted by Crippen LogP contribution is -2.41. The van der Waals surface area contributed by atoms with Crippen LogP contribution in [0.25, 0.3) is 0 Å². The molecule has 88 valence electrons. The molecule has 2 heteroatoms. The second-order valence-electron chi connectivity index (χ2n) is 5.18. The van der Waals surface area contributed by atoms with Gasteiger partial charge >= 0.3 is 0 Å². The predicted octanol–water partition coefficient (Wildman–Crippen LogP) is 3.20. The third kappa shape index (κ3) is 2.01. The molecule has 0 aromatic heterocycles. The fourth-order valence-electron chi connectivity index (χ4n) is 2.58. The standard InChI is InChI=1S/C14H22N2/c1-10-7-8-11(2)16(9-10)14-6-4-5-13(15)12(14)3/h4-6,10-11H,7-9,15H2,1-3H3. The molecule has 1 heterocycles. The van der Waals surface area contributed by atoms with Crippen molar-refractivity contribution in [2.45, 2.75) is 39.7 Å². The third-order valence-electron chi connectivity index (χ3n) is 3.77. The van der Waals surface area contributed by atoms with Crippen LogP contribution in [0.3, 0.4) is 0 Å². The van der Waals surface area contributed by atoms with Crippen LogP contribution in [0.4, 0.5) is 11.4 Å². The average molecular weight is 218 g/mol. The molecule has 1 aliphatic rings. The molecular weight excluding hydrogens is 196 g/mol. The molecular formula is C14H22N2. The molecule has 1 fully saturated rings. The highest BCUT2D eigenvalue weighted by Gasteiger charge is 2.24. The quantitative estimate of drug-likeness (QED) is 0.733. The number of benzene rings is 1. The zero-order chi connectivity index (χ0) is 11.7. The molecule has 1 aromatic carbocycles. The molecule has 0 bridgehead atoms. The zero-order valence-electron chi connectivity index (χ0n) is 10.5. The number of hydrogen-bond acceptors (Lipinski definition) is 2. The highest BCUT2D eigenvalue weighted by molar-refractivity contribution is 5.64. The second kappa shape index (κ2) is 4.36.